The number of benzene rings is 1. The highest BCUT2D eigenvalue weighted by Gasteiger charge is 2.34. The Morgan fingerprint density at radius 3 is 2.79 bits per heavy atom. The molecule has 0 aromatic heterocycles. The van der Waals surface area contributed by atoms with Crippen LogP contribution in [0.1, 0.15) is 22.8 Å². The summed E-state index contributed by atoms with van der Waals surface area (Å²) in [6.45, 7) is 2.99. The number of piperazine rings is 1. The molecule has 6 heteroatoms. The van der Waals surface area contributed by atoms with E-state index in [0.29, 0.717) is 5.56 Å². The van der Waals surface area contributed by atoms with E-state index in [9.17, 15) is 18.8 Å². The van der Waals surface area contributed by atoms with Crippen molar-refractivity contribution in [3.05, 3.63) is 35.1 Å². The number of hydrogen-bond donors (Lipinski definition) is 1. The third kappa shape index (κ3) is 2.47. The van der Waals surface area contributed by atoms with Gasteiger partial charge in [0.25, 0.3) is 5.91 Å². The Kier molecular flexibility index (Phi) is 3.33. The standard InChI is InChI=1S/C13H13FN2O3/c1-7-3-4-9(14)5-10(7)13(19)16-6-11(17)15-12(18)8(16)2/h3-5,8H,6H2,1-2H3,(H,15,17,18). The first-order chi connectivity index (χ1) is 8.90. The topological polar surface area (TPSA) is 66.5 Å². The van der Waals surface area contributed by atoms with E-state index in [1.54, 1.807) is 6.92 Å². The molecule has 0 bridgehead atoms. The Hall–Kier alpha value is -2.24. The number of nitrogens with one attached hydrogen (secondary N) is 1. The third-order valence-electron chi connectivity index (χ3n) is 3.11. The molecule has 5 nitrogen and oxygen atoms in total. The predicted octanol–water partition coefficient (Wildman–Crippen LogP) is 0.621. The van der Waals surface area contributed by atoms with Crippen LogP contribution in [-0.2, 0) is 9.59 Å². The monoisotopic (exact) mass is 264 g/mol. The predicted molar refractivity (Wildman–Crippen MR) is 64.8 cm³/mol. The molecule has 1 fully saturated rings. The van der Waals surface area contributed by atoms with E-state index < -0.39 is 29.6 Å². The van der Waals surface area contributed by atoms with Crippen molar-refractivity contribution in [1.82, 2.24) is 10.2 Å². The summed E-state index contributed by atoms with van der Waals surface area (Å²) in [4.78, 5) is 36.3. The van der Waals surface area contributed by atoms with Crippen molar-refractivity contribution in [2.45, 2.75) is 19.9 Å². The van der Waals surface area contributed by atoms with Crippen molar-refractivity contribution < 1.29 is 18.8 Å². The van der Waals surface area contributed by atoms with Crippen LogP contribution in [0.3, 0.4) is 0 Å². The molecule has 0 radical (unpaired) electrons. The van der Waals surface area contributed by atoms with Gasteiger partial charge in [0, 0.05) is 5.56 Å². The number of carbonyl (C=O) groups is 3. The van der Waals surface area contributed by atoms with Gasteiger partial charge in [0.05, 0.1) is 0 Å². The molecule has 1 saturated heterocycles. The largest absolute Gasteiger partial charge is 0.318 e. The Morgan fingerprint density at radius 2 is 2.11 bits per heavy atom. The van der Waals surface area contributed by atoms with Crippen LogP contribution in [0.2, 0.25) is 0 Å². The first kappa shape index (κ1) is 13.2. The van der Waals surface area contributed by atoms with Crippen LogP contribution in [0.4, 0.5) is 4.39 Å². The fraction of sp³-hybridized carbons (Fsp3) is 0.308. The smallest absolute Gasteiger partial charge is 0.255 e. The lowest BCUT2D eigenvalue weighted by Gasteiger charge is -2.32. The average molecular weight is 264 g/mol. The van der Waals surface area contributed by atoms with Gasteiger partial charge < -0.3 is 4.90 Å². The molecule has 2 rings (SSSR count). The molecular weight excluding hydrogens is 251 g/mol. The molecule has 3 amide bonds. The van der Waals surface area contributed by atoms with Crippen LogP contribution in [0.15, 0.2) is 18.2 Å². The fourth-order valence-electron chi connectivity index (χ4n) is 1.94. The number of rotatable bonds is 1. The van der Waals surface area contributed by atoms with Crippen LogP contribution < -0.4 is 5.32 Å². The highest BCUT2D eigenvalue weighted by Crippen LogP contribution is 2.16. The molecule has 1 N–H and O–H groups in total. The molecule has 1 aliphatic heterocycles. The molecule has 1 aromatic rings. The number of nitrogens with zero attached hydrogens (tertiary/aromatic N) is 1. The lowest BCUT2D eigenvalue weighted by molar-refractivity contribution is -0.138. The Labute approximate surface area is 109 Å². The van der Waals surface area contributed by atoms with Gasteiger partial charge in [0.1, 0.15) is 18.4 Å². The molecule has 0 spiro atoms. The second-order valence-corrected chi connectivity index (χ2v) is 4.48. The van der Waals surface area contributed by atoms with Crippen LogP contribution in [0.25, 0.3) is 0 Å². The summed E-state index contributed by atoms with van der Waals surface area (Å²) < 4.78 is 13.2. The Bertz CT molecular complexity index is 571. The number of amides is 3. The van der Waals surface area contributed by atoms with E-state index >= 15 is 0 Å². The molecule has 1 aromatic carbocycles. The molecule has 1 aliphatic rings. The van der Waals surface area contributed by atoms with Crippen molar-refractivity contribution in [3.63, 3.8) is 0 Å². The zero-order valence-electron chi connectivity index (χ0n) is 10.6. The van der Waals surface area contributed by atoms with Crippen LogP contribution in [-0.4, -0.2) is 35.2 Å². The average Bonchev–Trinajstić information content (AvgIpc) is 2.36. The minimum Gasteiger partial charge on any atom is -0.318 e. The summed E-state index contributed by atoms with van der Waals surface area (Å²) in [5, 5.41) is 2.15. The van der Waals surface area contributed by atoms with Gasteiger partial charge in [0.2, 0.25) is 11.8 Å². The van der Waals surface area contributed by atoms with E-state index in [2.05, 4.69) is 5.32 Å². The Balaban J connectivity index is 2.35. The summed E-state index contributed by atoms with van der Waals surface area (Å²) >= 11 is 0. The SMILES string of the molecule is Cc1ccc(F)cc1C(=O)N1CC(=O)NC(=O)C1C. The lowest BCUT2D eigenvalue weighted by Crippen LogP contribution is -2.58. The number of hydrogen-bond acceptors (Lipinski definition) is 3. The summed E-state index contributed by atoms with van der Waals surface area (Å²) in [6, 6.07) is 3.09. The van der Waals surface area contributed by atoms with Crippen LogP contribution in [0, 0.1) is 12.7 Å². The van der Waals surface area contributed by atoms with Gasteiger partial charge in [-0.15, -0.1) is 0 Å². The zero-order valence-corrected chi connectivity index (χ0v) is 10.6. The van der Waals surface area contributed by atoms with Crippen LogP contribution >= 0.6 is 0 Å². The fourth-order valence-corrected chi connectivity index (χ4v) is 1.94. The second-order valence-electron chi connectivity index (χ2n) is 4.48. The van der Waals surface area contributed by atoms with E-state index in [1.807, 2.05) is 0 Å². The molecule has 100 valence electrons. The first-order valence-corrected chi connectivity index (χ1v) is 5.81. The van der Waals surface area contributed by atoms with E-state index in [-0.39, 0.29) is 12.1 Å². The van der Waals surface area contributed by atoms with Crippen molar-refractivity contribution in [3.8, 4) is 0 Å². The van der Waals surface area contributed by atoms with Gasteiger partial charge in [-0.3, -0.25) is 19.7 Å². The molecule has 1 unspecified atom stereocenters. The van der Waals surface area contributed by atoms with Gasteiger partial charge in [-0.2, -0.15) is 0 Å². The van der Waals surface area contributed by atoms with E-state index in [4.69, 9.17) is 0 Å². The van der Waals surface area contributed by atoms with Crippen molar-refractivity contribution in [2.75, 3.05) is 6.54 Å². The second kappa shape index (κ2) is 4.79. The van der Waals surface area contributed by atoms with Crippen molar-refractivity contribution >= 4 is 17.7 Å². The minimum atomic E-state index is -0.757. The van der Waals surface area contributed by atoms with Gasteiger partial charge in [0.15, 0.2) is 0 Å². The third-order valence-corrected chi connectivity index (χ3v) is 3.11. The molecule has 1 heterocycles. The van der Waals surface area contributed by atoms with Crippen LogP contribution in [0.5, 0.6) is 0 Å². The highest BCUT2D eigenvalue weighted by atomic mass is 19.1. The maximum Gasteiger partial charge on any atom is 0.255 e. The number of imide groups is 1. The summed E-state index contributed by atoms with van der Waals surface area (Å²) in [5.41, 5.74) is 0.756. The quantitative estimate of drug-likeness (QED) is 0.756. The number of halogens is 1. The van der Waals surface area contributed by atoms with E-state index in [1.165, 1.54) is 19.1 Å². The molecular formula is C13H13FN2O3. The van der Waals surface area contributed by atoms with E-state index in [0.717, 1.165) is 11.0 Å². The number of aryl methyl sites for hydroxylation is 1. The molecule has 0 aliphatic carbocycles. The lowest BCUT2D eigenvalue weighted by atomic mass is 10.1. The summed E-state index contributed by atoms with van der Waals surface area (Å²) in [7, 11) is 0. The summed E-state index contributed by atoms with van der Waals surface area (Å²) in [6.07, 6.45) is 0. The zero-order chi connectivity index (χ0) is 14.2. The first-order valence-electron chi connectivity index (χ1n) is 5.81. The highest BCUT2D eigenvalue weighted by molar-refractivity contribution is 6.07. The number of carbonyl (C=O) groups excluding carboxylic acids is 3. The van der Waals surface area contributed by atoms with Gasteiger partial charge in [-0.05, 0) is 31.5 Å². The van der Waals surface area contributed by atoms with Gasteiger partial charge >= 0.3 is 0 Å². The van der Waals surface area contributed by atoms with Crippen molar-refractivity contribution in [1.29, 1.82) is 0 Å². The molecule has 1 atom stereocenters. The molecule has 19 heavy (non-hydrogen) atoms. The minimum absolute atomic E-state index is 0.161. The maximum absolute atomic E-state index is 13.2. The normalized spacial score (nSPS) is 19.3. The Morgan fingerprint density at radius 1 is 1.42 bits per heavy atom. The van der Waals surface area contributed by atoms with Gasteiger partial charge in [-0.25, -0.2) is 4.39 Å². The van der Waals surface area contributed by atoms with Crippen molar-refractivity contribution in [2.24, 2.45) is 0 Å². The van der Waals surface area contributed by atoms with Gasteiger partial charge in [-0.1, -0.05) is 6.07 Å². The molecule has 0 saturated carbocycles. The maximum atomic E-state index is 13.2. The summed E-state index contributed by atoms with van der Waals surface area (Å²) in [5.74, 6) is -2.12.